The van der Waals surface area contributed by atoms with Crippen LogP contribution in [0.2, 0.25) is 5.02 Å². The highest BCUT2D eigenvalue weighted by atomic mass is 127. The van der Waals surface area contributed by atoms with E-state index in [1.807, 2.05) is 24.3 Å². The third-order valence-electron chi connectivity index (χ3n) is 5.98. The van der Waals surface area contributed by atoms with Crippen LogP contribution in [0.15, 0.2) is 28.8 Å². The van der Waals surface area contributed by atoms with E-state index in [9.17, 15) is 4.79 Å². The van der Waals surface area contributed by atoms with E-state index >= 15 is 0 Å². The number of Topliss-reactive ketones (excluding diaryl/α,β-unsaturated/α-hetero) is 1. The zero-order valence-electron chi connectivity index (χ0n) is 16.0. The lowest BCUT2D eigenvalue weighted by atomic mass is 9.82. The molecule has 4 nitrogen and oxygen atoms in total. The zero-order valence-corrected chi connectivity index (χ0v) is 18.9. The van der Waals surface area contributed by atoms with Crippen LogP contribution in [-0.2, 0) is 6.42 Å². The predicted molar refractivity (Wildman–Crippen MR) is 120 cm³/mol. The Morgan fingerprint density at radius 3 is 2.96 bits per heavy atom. The summed E-state index contributed by atoms with van der Waals surface area (Å²) in [6.45, 7) is 2.38. The van der Waals surface area contributed by atoms with Gasteiger partial charge in [0.1, 0.15) is 11.5 Å². The van der Waals surface area contributed by atoms with Crippen molar-refractivity contribution in [3.63, 3.8) is 0 Å². The van der Waals surface area contributed by atoms with E-state index in [1.165, 1.54) is 32.2 Å². The van der Waals surface area contributed by atoms with E-state index in [1.54, 1.807) is 0 Å². The van der Waals surface area contributed by atoms with Gasteiger partial charge in [0.05, 0.1) is 9.61 Å². The van der Waals surface area contributed by atoms with Crippen LogP contribution in [0.5, 0.6) is 0 Å². The molecule has 1 aromatic carbocycles. The van der Waals surface area contributed by atoms with Crippen molar-refractivity contribution in [2.75, 3.05) is 13.1 Å². The first-order chi connectivity index (χ1) is 13.6. The highest BCUT2D eigenvalue weighted by Gasteiger charge is 2.33. The van der Waals surface area contributed by atoms with Gasteiger partial charge in [-0.25, -0.2) is 0 Å². The molecule has 0 N–H and O–H groups in total. The Balaban J connectivity index is 1.37. The lowest BCUT2D eigenvalue weighted by Crippen LogP contribution is -2.36. The molecule has 1 fully saturated rings. The number of ketones is 1. The number of fused-ring (bicyclic) bond motifs is 1. The first-order valence-corrected chi connectivity index (χ1v) is 11.9. The van der Waals surface area contributed by atoms with Gasteiger partial charge in [0, 0.05) is 22.9 Å². The van der Waals surface area contributed by atoms with Crippen molar-refractivity contribution < 1.29 is 9.32 Å². The van der Waals surface area contributed by atoms with Crippen LogP contribution in [0.25, 0.3) is 11.3 Å². The molecule has 2 heterocycles. The van der Waals surface area contributed by atoms with Crippen molar-refractivity contribution in [2.24, 2.45) is 5.92 Å². The summed E-state index contributed by atoms with van der Waals surface area (Å²) in [4.78, 5) is 15.8. The van der Waals surface area contributed by atoms with Crippen molar-refractivity contribution in [1.82, 2.24) is 10.1 Å². The molecule has 28 heavy (non-hydrogen) atoms. The van der Waals surface area contributed by atoms with Crippen molar-refractivity contribution in [2.45, 2.75) is 55.4 Å². The predicted octanol–water partition coefficient (Wildman–Crippen LogP) is 6.16. The number of rotatable bonds is 6. The monoisotopic (exact) mass is 512 g/mol. The van der Waals surface area contributed by atoms with Gasteiger partial charge in [0.2, 0.25) is 0 Å². The topological polar surface area (TPSA) is 46.3 Å². The van der Waals surface area contributed by atoms with Crippen LogP contribution < -0.4 is 0 Å². The van der Waals surface area contributed by atoms with Crippen molar-refractivity contribution >= 4 is 40.0 Å². The van der Waals surface area contributed by atoms with Crippen molar-refractivity contribution in [3.8, 4) is 11.3 Å². The minimum atomic E-state index is 0.0848. The maximum absolute atomic E-state index is 13.2. The number of hydrogen-bond donors (Lipinski definition) is 0. The Morgan fingerprint density at radius 2 is 2.14 bits per heavy atom. The van der Waals surface area contributed by atoms with E-state index in [4.69, 9.17) is 16.1 Å². The summed E-state index contributed by atoms with van der Waals surface area (Å²) in [6.07, 6.45) is 8.88. The second-order valence-corrected chi connectivity index (χ2v) is 9.78. The number of aromatic nitrogens is 1. The summed E-state index contributed by atoms with van der Waals surface area (Å²) in [6, 6.07) is 7.48. The fourth-order valence-electron chi connectivity index (χ4n) is 4.41. The Bertz CT molecular complexity index is 838. The van der Waals surface area contributed by atoms with E-state index in [0.717, 1.165) is 43.6 Å². The fourth-order valence-corrected chi connectivity index (χ4v) is 5.59. The molecule has 0 spiro atoms. The summed E-state index contributed by atoms with van der Waals surface area (Å²) in [5.74, 6) is 1.01. The molecule has 4 rings (SSSR count). The third kappa shape index (κ3) is 4.46. The Kier molecular flexibility index (Phi) is 6.74. The normalized spacial score (nSPS) is 23.0. The van der Waals surface area contributed by atoms with Crippen molar-refractivity contribution in [3.05, 3.63) is 40.6 Å². The third-order valence-corrected chi connectivity index (χ3v) is 7.63. The van der Waals surface area contributed by atoms with Crippen LogP contribution >= 0.6 is 34.2 Å². The molecule has 0 radical (unpaired) electrons. The first-order valence-electron chi connectivity index (χ1n) is 10.3. The molecule has 2 aliphatic rings. The molecule has 2 aromatic rings. The number of benzene rings is 1. The maximum atomic E-state index is 13.2. The van der Waals surface area contributed by atoms with Gasteiger partial charge in [0.15, 0.2) is 5.78 Å². The highest BCUT2D eigenvalue weighted by molar-refractivity contribution is 14.1. The second kappa shape index (κ2) is 9.26. The van der Waals surface area contributed by atoms with Crippen LogP contribution in [0.3, 0.4) is 0 Å². The maximum Gasteiger partial charge on any atom is 0.171 e. The van der Waals surface area contributed by atoms with Gasteiger partial charge < -0.3 is 4.52 Å². The lowest BCUT2D eigenvalue weighted by Gasteiger charge is -2.32. The number of unbranched alkanes of at least 4 members (excludes halogenated alkanes) is 1. The summed E-state index contributed by atoms with van der Waals surface area (Å²) < 4.78 is 6.18. The van der Waals surface area contributed by atoms with Gasteiger partial charge in [-0.2, -0.15) is 0 Å². The molecule has 0 saturated carbocycles. The van der Waals surface area contributed by atoms with E-state index in [2.05, 4.69) is 32.6 Å². The summed E-state index contributed by atoms with van der Waals surface area (Å²) in [5, 5.41) is 4.84. The fraction of sp³-hybridized carbons (Fsp3) is 0.545. The quantitative estimate of drug-likeness (QED) is 0.201. The van der Waals surface area contributed by atoms with Gasteiger partial charge >= 0.3 is 0 Å². The van der Waals surface area contributed by atoms with E-state index in [0.29, 0.717) is 20.3 Å². The zero-order chi connectivity index (χ0) is 19.5. The minimum Gasteiger partial charge on any atom is -0.360 e. The van der Waals surface area contributed by atoms with E-state index in [-0.39, 0.29) is 11.7 Å². The van der Waals surface area contributed by atoms with Gasteiger partial charge in [-0.1, -0.05) is 57.9 Å². The van der Waals surface area contributed by atoms with Crippen molar-refractivity contribution in [1.29, 1.82) is 0 Å². The molecule has 1 aromatic heterocycles. The number of carbonyl (C=O) groups excluding carboxylic acids is 1. The molecular formula is C22H26ClIN2O2. The van der Waals surface area contributed by atoms with Crippen LogP contribution in [0.4, 0.5) is 0 Å². The Hall–Kier alpha value is -0.920. The molecule has 0 bridgehead atoms. The lowest BCUT2D eigenvalue weighted by molar-refractivity contribution is 0.0886. The molecular weight excluding hydrogens is 487 g/mol. The number of carbonyl (C=O) groups is 1. The van der Waals surface area contributed by atoms with E-state index < -0.39 is 0 Å². The molecule has 2 atom stereocenters. The molecule has 1 aliphatic carbocycles. The SMILES string of the molecule is O=C1c2c(-c3cccc(Cl)c3)noc2CCC1CCCCN1CCCCC1I. The van der Waals surface area contributed by atoms with Gasteiger partial charge in [0.25, 0.3) is 0 Å². The van der Waals surface area contributed by atoms with Crippen LogP contribution in [-0.4, -0.2) is 33.0 Å². The molecule has 1 saturated heterocycles. The van der Waals surface area contributed by atoms with Gasteiger partial charge in [-0.15, -0.1) is 0 Å². The Morgan fingerprint density at radius 1 is 1.25 bits per heavy atom. The molecule has 1 aliphatic heterocycles. The number of alkyl halides is 1. The number of piperidine rings is 1. The number of aryl methyl sites for hydroxylation is 1. The summed E-state index contributed by atoms with van der Waals surface area (Å²) in [5.41, 5.74) is 2.18. The second-order valence-electron chi connectivity index (χ2n) is 7.90. The highest BCUT2D eigenvalue weighted by Crippen LogP contribution is 2.36. The van der Waals surface area contributed by atoms with Gasteiger partial charge in [-0.05, 0) is 63.7 Å². The van der Waals surface area contributed by atoms with Gasteiger partial charge in [-0.3, -0.25) is 9.69 Å². The average molecular weight is 513 g/mol. The molecule has 150 valence electrons. The smallest absolute Gasteiger partial charge is 0.171 e. The summed E-state index contributed by atoms with van der Waals surface area (Å²) >= 11 is 8.69. The largest absolute Gasteiger partial charge is 0.360 e. The average Bonchev–Trinajstić information content (AvgIpc) is 3.13. The number of likely N-dealkylation sites (tertiary alicyclic amines) is 1. The Labute approximate surface area is 185 Å². The minimum absolute atomic E-state index is 0.0848. The first kappa shape index (κ1) is 20.4. The van der Waals surface area contributed by atoms with Crippen LogP contribution in [0, 0.1) is 5.92 Å². The number of halogens is 2. The summed E-state index contributed by atoms with van der Waals surface area (Å²) in [7, 11) is 0. The standard InChI is InChI=1S/C22H26ClIN2O2/c23-17-8-5-7-16(14-17)21-20-18(28-25-21)11-10-15(22(20)27)6-1-3-12-26-13-4-2-9-19(26)24/h5,7-8,14-15,19H,1-4,6,9-13H2. The number of nitrogens with zero attached hydrogens (tertiary/aromatic N) is 2. The molecule has 6 heteroatoms. The molecule has 0 amide bonds. The van der Waals surface area contributed by atoms with Crippen LogP contribution in [0.1, 0.15) is 61.1 Å². The number of hydrogen-bond acceptors (Lipinski definition) is 4. The molecule has 2 unspecified atom stereocenters.